The van der Waals surface area contributed by atoms with Crippen molar-refractivity contribution in [2.24, 2.45) is 0 Å². The van der Waals surface area contributed by atoms with Crippen LogP contribution in [0.4, 0.5) is 0 Å². The van der Waals surface area contributed by atoms with Crippen molar-refractivity contribution in [3.05, 3.63) is 0 Å². The van der Waals surface area contributed by atoms with Crippen molar-refractivity contribution in [3.8, 4) is 0 Å². The molecular formula is C18H38N2O+2. The number of quaternary nitrogens is 2. The van der Waals surface area contributed by atoms with Crippen molar-refractivity contribution < 1.29 is 14.1 Å². The third kappa shape index (κ3) is 4.67. The summed E-state index contributed by atoms with van der Waals surface area (Å²) in [4.78, 5) is 0. The van der Waals surface area contributed by atoms with Crippen molar-refractivity contribution in [2.75, 3.05) is 52.4 Å². The Bertz CT molecular complexity index is 294. The predicted molar refractivity (Wildman–Crippen MR) is 89.1 cm³/mol. The van der Waals surface area contributed by atoms with E-state index in [2.05, 4.69) is 13.8 Å². The van der Waals surface area contributed by atoms with E-state index in [1.54, 1.807) is 0 Å². The van der Waals surface area contributed by atoms with Crippen molar-refractivity contribution in [1.82, 2.24) is 0 Å². The average Bonchev–Trinajstić information content (AvgIpc) is 2.55. The lowest BCUT2D eigenvalue weighted by Gasteiger charge is -2.44. The van der Waals surface area contributed by atoms with E-state index in [0.717, 1.165) is 13.0 Å². The van der Waals surface area contributed by atoms with Crippen LogP contribution in [0.15, 0.2) is 0 Å². The average molecular weight is 299 g/mol. The molecule has 3 nitrogen and oxygen atoms in total. The van der Waals surface area contributed by atoms with Gasteiger partial charge in [-0.1, -0.05) is 0 Å². The van der Waals surface area contributed by atoms with E-state index in [0.29, 0.717) is 0 Å². The van der Waals surface area contributed by atoms with Crippen LogP contribution < -0.4 is 0 Å². The van der Waals surface area contributed by atoms with Crippen molar-refractivity contribution in [2.45, 2.75) is 64.9 Å². The van der Waals surface area contributed by atoms with E-state index in [4.69, 9.17) is 0 Å². The summed E-state index contributed by atoms with van der Waals surface area (Å²) in [5, 5.41) is 10.6. The quantitative estimate of drug-likeness (QED) is 0.717. The molecule has 0 spiro atoms. The van der Waals surface area contributed by atoms with Gasteiger partial charge < -0.3 is 14.1 Å². The topological polar surface area (TPSA) is 20.2 Å². The lowest BCUT2D eigenvalue weighted by Crippen LogP contribution is -2.56. The lowest BCUT2D eigenvalue weighted by molar-refractivity contribution is -0.939. The zero-order valence-corrected chi connectivity index (χ0v) is 14.5. The first kappa shape index (κ1) is 17.2. The Kier molecular flexibility index (Phi) is 6.51. The second-order valence-corrected chi connectivity index (χ2v) is 7.68. The molecule has 0 aliphatic carbocycles. The van der Waals surface area contributed by atoms with Crippen LogP contribution in [0.1, 0.15) is 58.8 Å². The summed E-state index contributed by atoms with van der Waals surface area (Å²) >= 11 is 0. The van der Waals surface area contributed by atoms with E-state index < -0.39 is 0 Å². The zero-order chi connectivity index (χ0) is 15.2. The molecular weight excluding hydrogens is 260 g/mol. The van der Waals surface area contributed by atoms with E-state index in [1.165, 1.54) is 93.3 Å². The van der Waals surface area contributed by atoms with Gasteiger partial charge in [-0.2, -0.15) is 0 Å². The molecule has 0 aromatic carbocycles. The predicted octanol–water partition coefficient (Wildman–Crippen LogP) is 2.78. The summed E-state index contributed by atoms with van der Waals surface area (Å²) in [5.41, 5.74) is 0. The van der Waals surface area contributed by atoms with Gasteiger partial charge >= 0.3 is 0 Å². The maximum Gasteiger partial charge on any atom is 0.108 e. The number of nitrogens with zero attached hydrogens (tertiary/aromatic N) is 2. The maximum absolute atomic E-state index is 10.6. The summed E-state index contributed by atoms with van der Waals surface area (Å²) in [6.07, 6.45) is 9.22. The van der Waals surface area contributed by atoms with E-state index in [1.807, 2.05) is 0 Å². The third-order valence-electron chi connectivity index (χ3n) is 6.41. The van der Waals surface area contributed by atoms with Crippen LogP contribution in [0.2, 0.25) is 0 Å². The standard InChI is InChI=1S/C18H38N2O/c1-3-19(12-7-5-8-13-19)16-11-18(21)17-20(4-2)14-9-6-10-15-20/h18,21H,3-17H2,1-2H3/q+2. The van der Waals surface area contributed by atoms with Gasteiger partial charge in [-0.3, -0.25) is 0 Å². The fraction of sp³-hybridized carbons (Fsp3) is 1.00. The molecule has 1 N–H and O–H groups in total. The highest BCUT2D eigenvalue weighted by Gasteiger charge is 2.33. The van der Waals surface area contributed by atoms with Gasteiger partial charge in [0.25, 0.3) is 0 Å². The highest BCUT2D eigenvalue weighted by molar-refractivity contribution is 4.62. The normalized spacial score (nSPS) is 26.4. The van der Waals surface area contributed by atoms with E-state index >= 15 is 0 Å². The molecule has 2 aliphatic heterocycles. The smallest absolute Gasteiger partial charge is 0.108 e. The van der Waals surface area contributed by atoms with Gasteiger partial charge in [0.1, 0.15) is 12.6 Å². The first-order valence-corrected chi connectivity index (χ1v) is 9.52. The summed E-state index contributed by atoms with van der Waals surface area (Å²) in [6.45, 7) is 14.6. The number of likely N-dealkylation sites (tertiary alicyclic amines) is 2. The minimum absolute atomic E-state index is 0.0912. The summed E-state index contributed by atoms with van der Waals surface area (Å²) in [5.74, 6) is 0. The molecule has 124 valence electrons. The Morgan fingerprint density at radius 2 is 1.24 bits per heavy atom. The Morgan fingerprint density at radius 3 is 1.71 bits per heavy atom. The van der Waals surface area contributed by atoms with Gasteiger partial charge in [0.2, 0.25) is 0 Å². The molecule has 0 bridgehead atoms. The van der Waals surface area contributed by atoms with Crippen molar-refractivity contribution >= 4 is 0 Å². The lowest BCUT2D eigenvalue weighted by atomic mass is 10.0. The van der Waals surface area contributed by atoms with Gasteiger partial charge in [-0.25, -0.2) is 0 Å². The molecule has 0 aromatic heterocycles. The van der Waals surface area contributed by atoms with Crippen LogP contribution in [-0.2, 0) is 0 Å². The molecule has 2 aliphatic rings. The molecule has 1 atom stereocenters. The number of likely N-dealkylation sites (N-methyl/N-ethyl adjacent to an activating group) is 1. The molecule has 2 saturated heterocycles. The van der Waals surface area contributed by atoms with E-state index in [9.17, 15) is 5.11 Å². The Morgan fingerprint density at radius 1 is 0.762 bits per heavy atom. The number of aliphatic hydroxyl groups excluding tert-OH is 1. The van der Waals surface area contributed by atoms with Gasteiger partial charge in [-0.15, -0.1) is 0 Å². The monoisotopic (exact) mass is 298 g/mol. The number of hydrogen-bond donors (Lipinski definition) is 1. The second-order valence-electron chi connectivity index (χ2n) is 7.68. The molecule has 3 heteroatoms. The fourth-order valence-corrected chi connectivity index (χ4v) is 4.65. The Hall–Kier alpha value is -0.120. The van der Waals surface area contributed by atoms with Crippen LogP contribution in [-0.4, -0.2) is 72.5 Å². The van der Waals surface area contributed by atoms with Crippen molar-refractivity contribution in [3.63, 3.8) is 0 Å². The van der Waals surface area contributed by atoms with Crippen LogP contribution in [0.3, 0.4) is 0 Å². The molecule has 0 saturated carbocycles. The van der Waals surface area contributed by atoms with Crippen LogP contribution in [0, 0.1) is 0 Å². The molecule has 0 radical (unpaired) electrons. The largest absolute Gasteiger partial charge is 0.387 e. The molecule has 21 heavy (non-hydrogen) atoms. The minimum Gasteiger partial charge on any atom is -0.387 e. The molecule has 2 heterocycles. The number of aliphatic hydroxyl groups is 1. The number of hydrogen-bond acceptors (Lipinski definition) is 1. The highest BCUT2D eigenvalue weighted by atomic mass is 16.3. The zero-order valence-electron chi connectivity index (χ0n) is 14.5. The Balaban J connectivity index is 1.81. The molecule has 0 aromatic rings. The SMILES string of the molecule is CC[N+]1(CCC(O)C[N+]2(CC)CCCCC2)CCCCC1. The molecule has 0 amide bonds. The van der Waals surface area contributed by atoms with Gasteiger partial charge in [0.15, 0.2) is 0 Å². The fourth-order valence-electron chi connectivity index (χ4n) is 4.65. The third-order valence-corrected chi connectivity index (χ3v) is 6.41. The molecule has 2 fully saturated rings. The minimum atomic E-state index is -0.0912. The molecule has 1 unspecified atom stereocenters. The van der Waals surface area contributed by atoms with Gasteiger partial charge in [-0.05, 0) is 52.4 Å². The van der Waals surface area contributed by atoms with Crippen molar-refractivity contribution in [1.29, 1.82) is 0 Å². The van der Waals surface area contributed by atoms with Gasteiger partial charge in [0, 0.05) is 6.42 Å². The van der Waals surface area contributed by atoms with Crippen LogP contribution >= 0.6 is 0 Å². The van der Waals surface area contributed by atoms with Gasteiger partial charge in [0.05, 0.1) is 45.8 Å². The number of piperidine rings is 2. The first-order chi connectivity index (χ1) is 10.1. The first-order valence-electron chi connectivity index (χ1n) is 9.52. The summed E-state index contributed by atoms with van der Waals surface area (Å²) < 4.78 is 2.44. The highest BCUT2D eigenvalue weighted by Crippen LogP contribution is 2.22. The second kappa shape index (κ2) is 7.94. The van der Waals surface area contributed by atoms with E-state index in [-0.39, 0.29) is 6.10 Å². The van der Waals surface area contributed by atoms with Crippen LogP contribution in [0.5, 0.6) is 0 Å². The number of rotatable bonds is 7. The van der Waals surface area contributed by atoms with Crippen LogP contribution in [0.25, 0.3) is 0 Å². The summed E-state index contributed by atoms with van der Waals surface area (Å²) in [6, 6.07) is 0. The summed E-state index contributed by atoms with van der Waals surface area (Å²) in [7, 11) is 0. The Labute approximate surface area is 132 Å². The molecule has 2 rings (SSSR count). The maximum atomic E-state index is 10.6.